The lowest BCUT2D eigenvalue weighted by molar-refractivity contribution is -0.123. The second kappa shape index (κ2) is 10.8. The second-order valence-electron chi connectivity index (χ2n) is 9.95. The predicted octanol–water partition coefficient (Wildman–Crippen LogP) is 3.91. The lowest BCUT2D eigenvalue weighted by Gasteiger charge is -2.38. The molecule has 0 spiro atoms. The number of nitrogens with one attached hydrogen (secondary N) is 2. The van der Waals surface area contributed by atoms with Gasteiger partial charge >= 0.3 is 0 Å². The first-order chi connectivity index (χ1) is 18.8. The van der Waals surface area contributed by atoms with Gasteiger partial charge < -0.3 is 29.4 Å². The minimum Gasteiger partial charge on any atom is -0.494 e. The van der Waals surface area contributed by atoms with Crippen molar-refractivity contribution in [2.45, 2.75) is 39.7 Å². The van der Waals surface area contributed by atoms with Crippen LogP contribution in [0.1, 0.15) is 68.2 Å². The van der Waals surface area contributed by atoms with Crippen molar-refractivity contribution in [2.24, 2.45) is 0 Å². The maximum atomic E-state index is 14.2. The molecule has 2 N–H and O–H groups in total. The number of methoxy groups -OCH3 is 1. The number of ketones is 1. The van der Waals surface area contributed by atoms with Crippen molar-refractivity contribution in [3.05, 3.63) is 75.6 Å². The van der Waals surface area contributed by atoms with Gasteiger partial charge in [0.05, 0.1) is 31.0 Å². The SMILES string of the molecule is COc1cc2c3cc1OCC(=O)NCCCOc1cccc(c1)C2N(C(=O)c1c(C)[nH]c(C(C)=O)c1C)CC3. The average Bonchev–Trinajstić information content (AvgIpc) is 3.23. The van der Waals surface area contributed by atoms with E-state index in [-0.39, 0.29) is 24.2 Å². The van der Waals surface area contributed by atoms with Crippen LogP contribution in [0.4, 0.5) is 0 Å². The van der Waals surface area contributed by atoms with Crippen LogP contribution in [-0.2, 0) is 11.2 Å². The highest BCUT2D eigenvalue weighted by Crippen LogP contribution is 2.42. The largest absolute Gasteiger partial charge is 0.494 e. The molecule has 1 aromatic heterocycles. The Morgan fingerprint density at radius 1 is 1.13 bits per heavy atom. The van der Waals surface area contributed by atoms with Crippen molar-refractivity contribution in [1.82, 2.24) is 15.2 Å². The first-order valence-electron chi connectivity index (χ1n) is 13.1. The summed E-state index contributed by atoms with van der Waals surface area (Å²) in [6.45, 7) is 6.34. The van der Waals surface area contributed by atoms with E-state index in [2.05, 4.69) is 10.3 Å². The molecule has 3 aliphatic rings. The first-order valence-corrected chi connectivity index (χ1v) is 13.1. The Labute approximate surface area is 227 Å². The minimum atomic E-state index is -0.432. The summed E-state index contributed by atoms with van der Waals surface area (Å²) in [5.41, 5.74) is 5.10. The standard InChI is InChI=1S/C30H33N3O6/c1-17-27(18(2)32-28(17)19(3)34)30(36)33-11-9-20-14-25-24(37-4)15-23(20)29(33)21-7-5-8-22(13-21)38-12-6-10-31-26(35)16-39-25/h5,7-8,13-15,29,32H,6,9-12,16H2,1-4H3,(H,31,35). The lowest BCUT2D eigenvalue weighted by Crippen LogP contribution is -2.41. The number of ether oxygens (including phenoxy) is 3. The van der Waals surface area contributed by atoms with Crippen LogP contribution in [0.5, 0.6) is 17.2 Å². The molecule has 0 saturated carbocycles. The fraction of sp³-hybridized carbons (Fsp3) is 0.367. The fourth-order valence-electron chi connectivity index (χ4n) is 5.50. The summed E-state index contributed by atoms with van der Waals surface area (Å²) in [6.07, 6.45) is 1.22. The van der Waals surface area contributed by atoms with E-state index in [1.54, 1.807) is 7.11 Å². The van der Waals surface area contributed by atoms with E-state index in [1.807, 2.05) is 55.1 Å². The second-order valence-corrected chi connectivity index (χ2v) is 9.95. The molecule has 0 aliphatic carbocycles. The number of nitrogens with zero attached hydrogens (tertiary/aromatic N) is 1. The van der Waals surface area contributed by atoms with Gasteiger partial charge in [0.15, 0.2) is 23.9 Å². The summed E-state index contributed by atoms with van der Waals surface area (Å²) in [7, 11) is 1.55. The highest BCUT2D eigenvalue weighted by atomic mass is 16.5. The Balaban J connectivity index is 1.65. The smallest absolute Gasteiger partial charge is 0.257 e. The zero-order valence-electron chi connectivity index (χ0n) is 22.7. The molecular formula is C30H33N3O6. The van der Waals surface area contributed by atoms with Crippen LogP contribution >= 0.6 is 0 Å². The number of hydrogen-bond acceptors (Lipinski definition) is 6. The van der Waals surface area contributed by atoms with Gasteiger partial charge in [-0.3, -0.25) is 14.4 Å². The Hall–Kier alpha value is -4.27. The third-order valence-corrected chi connectivity index (χ3v) is 7.36. The number of Topliss-reactive ketones (excluding diaryl/α,β-unsaturated/α-hetero) is 1. The molecule has 0 radical (unpaired) electrons. The van der Waals surface area contributed by atoms with Crippen molar-refractivity contribution in [3.63, 3.8) is 0 Å². The number of aromatic amines is 1. The molecule has 1 atom stereocenters. The highest BCUT2D eigenvalue weighted by Gasteiger charge is 2.36. The van der Waals surface area contributed by atoms with Gasteiger partial charge in [-0.15, -0.1) is 0 Å². The number of fused-ring (bicyclic) bond motifs is 8. The monoisotopic (exact) mass is 531 g/mol. The number of carbonyl (C=O) groups excluding carboxylic acids is 3. The maximum absolute atomic E-state index is 14.2. The van der Waals surface area contributed by atoms with Crippen LogP contribution in [0, 0.1) is 13.8 Å². The summed E-state index contributed by atoms with van der Waals surface area (Å²) in [5, 5.41) is 2.85. The molecule has 204 valence electrons. The molecule has 0 saturated heterocycles. The summed E-state index contributed by atoms with van der Waals surface area (Å²) in [5.74, 6) is 1.16. The van der Waals surface area contributed by atoms with E-state index in [1.165, 1.54) is 6.92 Å². The van der Waals surface area contributed by atoms with Gasteiger partial charge in [0.2, 0.25) is 0 Å². The molecule has 6 bridgehead atoms. The van der Waals surface area contributed by atoms with Crippen LogP contribution in [0.3, 0.4) is 0 Å². The zero-order valence-corrected chi connectivity index (χ0v) is 22.7. The van der Waals surface area contributed by atoms with E-state index >= 15 is 0 Å². The lowest BCUT2D eigenvalue weighted by atomic mass is 9.87. The number of H-pyrrole nitrogens is 1. The number of aromatic nitrogens is 1. The third-order valence-electron chi connectivity index (χ3n) is 7.36. The van der Waals surface area contributed by atoms with Gasteiger partial charge in [-0.25, -0.2) is 0 Å². The van der Waals surface area contributed by atoms with Gasteiger partial charge in [0, 0.05) is 25.7 Å². The van der Waals surface area contributed by atoms with Crippen molar-refractivity contribution in [1.29, 1.82) is 0 Å². The van der Waals surface area contributed by atoms with Crippen LogP contribution in [0.25, 0.3) is 0 Å². The van der Waals surface area contributed by atoms with Crippen molar-refractivity contribution in [2.75, 3.05) is 33.4 Å². The quantitative estimate of drug-likeness (QED) is 0.496. The fourth-order valence-corrected chi connectivity index (χ4v) is 5.50. The topological polar surface area (TPSA) is 110 Å². The highest BCUT2D eigenvalue weighted by molar-refractivity contribution is 6.03. The molecule has 3 aromatic rings. The average molecular weight is 532 g/mol. The third kappa shape index (κ3) is 5.08. The number of carbonyl (C=O) groups is 3. The molecule has 39 heavy (non-hydrogen) atoms. The van der Waals surface area contributed by atoms with Crippen LogP contribution < -0.4 is 19.5 Å². The first kappa shape index (κ1) is 26.3. The Morgan fingerprint density at radius 2 is 1.95 bits per heavy atom. The van der Waals surface area contributed by atoms with Gasteiger partial charge in [-0.2, -0.15) is 0 Å². The normalized spacial score (nSPS) is 17.2. The molecule has 2 amide bonds. The van der Waals surface area contributed by atoms with Gasteiger partial charge in [-0.05, 0) is 73.2 Å². The summed E-state index contributed by atoms with van der Waals surface area (Å²) < 4.78 is 17.5. The minimum absolute atomic E-state index is 0.112. The summed E-state index contributed by atoms with van der Waals surface area (Å²) in [4.78, 5) is 43.7. The van der Waals surface area contributed by atoms with Gasteiger partial charge in [0.1, 0.15) is 5.75 Å². The molecule has 2 aromatic carbocycles. The van der Waals surface area contributed by atoms with E-state index in [4.69, 9.17) is 14.2 Å². The maximum Gasteiger partial charge on any atom is 0.257 e. The molecule has 1 unspecified atom stereocenters. The Bertz CT molecular complexity index is 1440. The van der Waals surface area contributed by atoms with Gasteiger partial charge in [-0.1, -0.05) is 12.1 Å². The van der Waals surface area contributed by atoms with Gasteiger partial charge in [0.25, 0.3) is 11.8 Å². The van der Waals surface area contributed by atoms with E-state index < -0.39 is 6.04 Å². The van der Waals surface area contributed by atoms with Crippen LogP contribution in [-0.4, -0.2) is 60.9 Å². The van der Waals surface area contributed by atoms with Crippen molar-refractivity contribution >= 4 is 17.6 Å². The predicted molar refractivity (Wildman–Crippen MR) is 145 cm³/mol. The number of amides is 2. The van der Waals surface area contributed by atoms with Crippen LogP contribution in [0.2, 0.25) is 0 Å². The zero-order chi connectivity index (χ0) is 27.7. The Morgan fingerprint density at radius 3 is 2.69 bits per heavy atom. The number of rotatable bonds is 3. The Kier molecular flexibility index (Phi) is 7.32. The van der Waals surface area contributed by atoms with Crippen molar-refractivity contribution in [3.8, 4) is 17.2 Å². The van der Waals surface area contributed by atoms with E-state index in [0.29, 0.717) is 72.3 Å². The molecular weight excluding hydrogens is 498 g/mol. The molecule has 0 fully saturated rings. The van der Waals surface area contributed by atoms with Crippen molar-refractivity contribution < 1.29 is 28.6 Å². The molecule has 6 rings (SSSR count). The summed E-state index contributed by atoms with van der Waals surface area (Å²) >= 11 is 0. The number of benzene rings is 2. The summed E-state index contributed by atoms with van der Waals surface area (Å²) in [6, 6.07) is 11.1. The van der Waals surface area contributed by atoms with Crippen LogP contribution in [0.15, 0.2) is 36.4 Å². The number of aryl methyl sites for hydroxylation is 1. The molecule has 9 nitrogen and oxygen atoms in total. The molecule has 4 heterocycles. The number of hydrogen-bond donors (Lipinski definition) is 2. The molecule has 3 aliphatic heterocycles. The van der Waals surface area contributed by atoms with E-state index in [0.717, 1.165) is 16.7 Å². The molecule has 9 heteroatoms. The van der Waals surface area contributed by atoms with E-state index in [9.17, 15) is 14.4 Å².